The van der Waals surface area contributed by atoms with Crippen molar-refractivity contribution in [3.8, 4) is 0 Å². The fourth-order valence-corrected chi connectivity index (χ4v) is 3.18. The normalized spacial score (nSPS) is 11.4. The molecule has 0 aliphatic heterocycles. The number of fused-ring (bicyclic) bond motifs is 3. The Labute approximate surface area is 136 Å². The van der Waals surface area contributed by atoms with Gasteiger partial charge in [0.25, 0.3) is 0 Å². The summed E-state index contributed by atoms with van der Waals surface area (Å²) in [4.78, 5) is 8.25. The van der Waals surface area contributed by atoms with Crippen LogP contribution in [0, 0.1) is 20.8 Å². The van der Waals surface area contributed by atoms with Gasteiger partial charge in [0.1, 0.15) is 5.65 Å². The van der Waals surface area contributed by atoms with Crippen LogP contribution in [0.3, 0.4) is 0 Å². The van der Waals surface area contributed by atoms with Crippen molar-refractivity contribution < 1.29 is 0 Å². The third-order valence-corrected chi connectivity index (χ3v) is 4.55. The number of rotatable bonds is 2. The predicted molar refractivity (Wildman–Crippen MR) is 97.1 cm³/mol. The monoisotopic (exact) mass is 300 g/mol. The molecule has 0 aliphatic rings. The third kappa shape index (κ3) is 2.50. The van der Waals surface area contributed by atoms with Gasteiger partial charge in [-0.2, -0.15) is 0 Å². The van der Waals surface area contributed by atoms with Crippen molar-refractivity contribution in [2.45, 2.75) is 27.2 Å². The van der Waals surface area contributed by atoms with Crippen molar-refractivity contribution in [3.63, 3.8) is 0 Å². The molecule has 23 heavy (non-hydrogen) atoms. The topological polar surface area (TPSA) is 28.7 Å². The smallest absolute Gasteiger partial charge is 0.138 e. The Morgan fingerprint density at radius 3 is 2.35 bits per heavy atom. The van der Waals surface area contributed by atoms with E-state index in [9.17, 15) is 0 Å². The highest BCUT2D eigenvalue weighted by Crippen LogP contribution is 2.27. The van der Waals surface area contributed by atoms with Crippen LogP contribution < -0.4 is 0 Å². The number of aromatic nitrogens is 2. The van der Waals surface area contributed by atoms with Gasteiger partial charge in [0.15, 0.2) is 0 Å². The fraction of sp³-hybridized carbons (Fsp3) is 0.190. The van der Waals surface area contributed by atoms with Crippen LogP contribution in [0.15, 0.2) is 48.5 Å². The molecule has 2 heteroatoms. The van der Waals surface area contributed by atoms with Gasteiger partial charge in [0.05, 0.1) is 0 Å². The Balaban J connectivity index is 1.84. The summed E-state index contributed by atoms with van der Waals surface area (Å²) in [5, 5.41) is 2.47. The largest absolute Gasteiger partial charge is 0.339 e. The summed E-state index contributed by atoms with van der Waals surface area (Å²) in [6, 6.07) is 17.6. The summed E-state index contributed by atoms with van der Waals surface area (Å²) >= 11 is 0. The van der Waals surface area contributed by atoms with E-state index < -0.39 is 0 Å². The number of aromatic amines is 1. The first-order valence-electron chi connectivity index (χ1n) is 8.04. The molecule has 2 aromatic heterocycles. The van der Waals surface area contributed by atoms with Crippen molar-refractivity contribution in [2.75, 3.05) is 0 Å². The van der Waals surface area contributed by atoms with Gasteiger partial charge in [0.2, 0.25) is 0 Å². The summed E-state index contributed by atoms with van der Waals surface area (Å²) in [5.41, 5.74) is 8.43. The van der Waals surface area contributed by atoms with Crippen LogP contribution in [0.25, 0.3) is 21.9 Å². The highest BCUT2D eigenvalue weighted by Gasteiger charge is 2.10. The van der Waals surface area contributed by atoms with Crippen LogP contribution >= 0.6 is 0 Å². The van der Waals surface area contributed by atoms with E-state index in [-0.39, 0.29) is 0 Å². The molecular formula is C21H20N2. The molecule has 0 fully saturated rings. The minimum atomic E-state index is 0.924. The Morgan fingerprint density at radius 2 is 1.57 bits per heavy atom. The number of nitrogens with one attached hydrogen (secondary N) is 1. The zero-order chi connectivity index (χ0) is 16.0. The standard InChI is InChI=1S/C21H20N2/c1-13-4-7-16(8-5-13)11-17-12-19-18-9-6-14(2)10-20(18)23-21(19)22-15(17)3/h4-10,12H,11H2,1-3H3,(H,22,23). The lowest BCUT2D eigenvalue weighted by atomic mass is 10.0. The highest BCUT2D eigenvalue weighted by atomic mass is 14.9. The van der Waals surface area contributed by atoms with Crippen LogP contribution in [0.2, 0.25) is 0 Å². The van der Waals surface area contributed by atoms with Crippen molar-refractivity contribution in [3.05, 3.63) is 76.5 Å². The lowest BCUT2D eigenvalue weighted by Gasteiger charge is -2.06. The molecule has 4 rings (SSSR count). The first-order chi connectivity index (χ1) is 11.1. The number of aryl methyl sites for hydroxylation is 3. The van der Waals surface area contributed by atoms with E-state index >= 15 is 0 Å². The molecule has 0 unspecified atom stereocenters. The molecule has 2 aromatic carbocycles. The first-order valence-corrected chi connectivity index (χ1v) is 8.04. The zero-order valence-corrected chi connectivity index (χ0v) is 13.8. The van der Waals surface area contributed by atoms with E-state index in [1.807, 2.05) is 0 Å². The van der Waals surface area contributed by atoms with Crippen LogP contribution in [-0.4, -0.2) is 9.97 Å². The minimum absolute atomic E-state index is 0.924. The van der Waals surface area contributed by atoms with Gasteiger partial charge in [-0.3, -0.25) is 0 Å². The van der Waals surface area contributed by atoms with Crippen LogP contribution in [-0.2, 0) is 6.42 Å². The summed E-state index contributed by atoms with van der Waals surface area (Å²) in [6.07, 6.45) is 0.924. The maximum atomic E-state index is 4.80. The molecule has 0 atom stereocenters. The molecule has 0 spiro atoms. The maximum Gasteiger partial charge on any atom is 0.138 e. The SMILES string of the molecule is Cc1ccc(Cc2cc3c(nc2C)[nH]c2cc(C)ccc23)cc1. The average Bonchev–Trinajstić information content (AvgIpc) is 2.86. The Hall–Kier alpha value is -2.61. The van der Waals surface area contributed by atoms with E-state index in [4.69, 9.17) is 4.98 Å². The molecule has 1 N–H and O–H groups in total. The van der Waals surface area contributed by atoms with Crippen LogP contribution in [0.1, 0.15) is 27.9 Å². The minimum Gasteiger partial charge on any atom is -0.339 e. The van der Waals surface area contributed by atoms with Gasteiger partial charge in [-0.25, -0.2) is 4.98 Å². The quantitative estimate of drug-likeness (QED) is 0.539. The molecule has 0 saturated heterocycles. The van der Waals surface area contributed by atoms with Crippen molar-refractivity contribution in [2.24, 2.45) is 0 Å². The first kappa shape index (κ1) is 14.0. The second-order valence-electron chi connectivity index (χ2n) is 6.47. The summed E-state index contributed by atoms with van der Waals surface area (Å²) in [5.74, 6) is 0. The molecule has 2 nitrogen and oxygen atoms in total. The summed E-state index contributed by atoms with van der Waals surface area (Å²) in [6.45, 7) is 6.34. The van der Waals surface area contributed by atoms with Crippen LogP contribution in [0.4, 0.5) is 0 Å². The average molecular weight is 300 g/mol. The Morgan fingerprint density at radius 1 is 0.826 bits per heavy atom. The Bertz CT molecular complexity index is 1010. The maximum absolute atomic E-state index is 4.80. The van der Waals surface area contributed by atoms with Crippen molar-refractivity contribution in [1.82, 2.24) is 9.97 Å². The number of hydrogen-bond donors (Lipinski definition) is 1. The molecule has 4 aromatic rings. The van der Waals surface area contributed by atoms with Gasteiger partial charge in [0, 0.05) is 22.0 Å². The highest BCUT2D eigenvalue weighted by molar-refractivity contribution is 6.06. The van der Waals surface area contributed by atoms with E-state index in [1.54, 1.807) is 0 Å². The number of hydrogen-bond acceptors (Lipinski definition) is 1. The second kappa shape index (κ2) is 5.24. The lowest BCUT2D eigenvalue weighted by Crippen LogP contribution is -1.95. The van der Waals surface area contributed by atoms with Gasteiger partial charge in [-0.05, 0) is 56.0 Å². The molecular weight excluding hydrogens is 280 g/mol. The second-order valence-corrected chi connectivity index (χ2v) is 6.47. The number of H-pyrrole nitrogens is 1. The van der Waals surface area contributed by atoms with E-state index in [0.29, 0.717) is 0 Å². The van der Waals surface area contributed by atoms with E-state index in [1.165, 1.54) is 38.5 Å². The fourth-order valence-electron chi connectivity index (χ4n) is 3.18. The molecule has 2 heterocycles. The van der Waals surface area contributed by atoms with Gasteiger partial charge >= 0.3 is 0 Å². The summed E-state index contributed by atoms with van der Waals surface area (Å²) < 4.78 is 0. The van der Waals surface area contributed by atoms with E-state index in [0.717, 1.165) is 17.8 Å². The third-order valence-electron chi connectivity index (χ3n) is 4.55. The zero-order valence-electron chi connectivity index (χ0n) is 13.8. The molecule has 0 bridgehead atoms. The molecule has 0 amide bonds. The van der Waals surface area contributed by atoms with Crippen LogP contribution in [0.5, 0.6) is 0 Å². The Kier molecular flexibility index (Phi) is 3.19. The number of nitrogens with zero attached hydrogens (tertiary/aromatic N) is 1. The van der Waals surface area contributed by atoms with Gasteiger partial charge < -0.3 is 4.98 Å². The van der Waals surface area contributed by atoms with Gasteiger partial charge in [-0.15, -0.1) is 0 Å². The van der Waals surface area contributed by atoms with Crippen molar-refractivity contribution >= 4 is 21.9 Å². The van der Waals surface area contributed by atoms with Crippen molar-refractivity contribution in [1.29, 1.82) is 0 Å². The molecule has 0 saturated carbocycles. The molecule has 114 valence electrons. The molecule has 0 radical (unpaired) electrons. The lowest BCUT2D eigenvalue weighted by molar-refractivity contribution is 1.10. The predicted octanol–water partition coefficient (Wildman–Crippen LogP) is 5.23. The number of benzene rings is 2. The number of pyridine rings is 1. The van der Waals surface area contributed by atoms with E-state index in [2.05, 4.69) is 74.3 Å². The van der Waals surface area contributed by atoms with Gasteiger partial charge in [-0.1, -0.05) is 42.0 Å². The summed E-state index contributed by atoms with van der Waals surface area (Å²) in [7, 11) is 0. The molecule has 0 aliphatic carbocycles.